The highest BCUT2D eigenvalue weighted by Gasteiger charge is 2.35. The Morgan fingerprint density at radius 1 is 1.11 bits per heavy atom. The van der Waals surface area contributed by atoms with Gasteiger partial charge in [-0.1, -0.05) is 19.8 Å². The normalized spacial score (nSPS) is 25.3. The zero-order valence-corrected chi connectivity index (χ0v) is 13.3. The molecule has 0 aromatic heterocycles. The maximum Gasteiger partial charge on any atom is 0.475 e. The fraction of sp³-hybridized carbons (Fsp3) is 1.00. The van der Waals surface area contributed by atoms with Crippen LogP contribution in [0.25, 0.3) is 0 Å². The Morgan fingerprint density at radius 2 is 1.72 bits per heavy atom. The maximum absolute atomic E-state index is 12.4. The summed E-state index contributed by atoms with van der Waals surface area (Å²) in [5, 5.41) is 0.415. The van der Waals surface area contributed by atoms with Crippen LogP contribution < -0.4 is 0 Å². The van der Waals surface area contributed by atoms with Gasteiger partial charge in [-0.05, 0) is 32.4 Å². The maximum atomic E-state index is 12.4. The van der Waals surface area contributed by atoms with E-state index in [1.165, 1.54) is 6.42 Å². The lowest BCUT2D eigenvalue weighted by molar-refractivity contribution is 0.0695. The summed E-state index contributed by atoms with van der Waals surface area (Å²) in [5.74, 6) is 1.05. The van der Waals surface area contributed by atoms with Crippen LogP contribution in [0, 0.1) is 0 Å². The van der Waals surface area contributed by atoms with E-state index in [9.17, 15) is 4.57 Å². The molecular weight excluding hydrogens is 271 g/mol. The largest absolute Gasteiger partial charge is 0.475 e. The van der Waals surface area contributed by atoms with E-state index in [0.717, 1.165) is 25.0 Å². The number of hydrogen-bond acceptors (Lipinski definition) is 5. The van der Waals surface area contributed by atoms with Crippen molar-refractivity contribution in [1.29, 1.82) is 0 Å². The summed E-state index contributed by atoms with van der Waals surface area (Å²) < 4.78 is 28.5. The average Bonchev–Trinajstić information content (AvgIpc) is 2.32. The molecule has 0 saturated heterocycles. The third kappa shape index (κ3) is 5.22. The molecule has 1 aliphatic carbocycles. The van der Waals surface area contributed by atoms with E-state index in [1.54, 1.807) is 13.8 Å². The lowest BCUT2D eigenvalue weighted by Crippen LogP contribution is -2.30. The van der Waals surface area contributed by atoms with Gasteiger partial charge in [-0.3, -0.25) is 13.6 Å². The van der Waals surface area contributed by atoms with Gasteiger partial charge in [0.1, 0.15) is 0 Å². The molecule has 1 saturated carbocycles. The van der Waals surface area contributed by atoms with Gasteiger partial charge >= 0.3 is 7.82 Å². The fourth-order valence-corrected chi connectivity index (χ4v) is 4.83. The van der Waals surface area contributed by atoms with E-state index in [4.69, 9.17) is 13.6 Å². The number of phosphoric ester groups is 1. The van der Waals surface area contributed by atoms with Crippen molar-refractivity contribution < 1.29 is 18.1 Å². The van der Waals surface area contributed by atoms with Crippen molar-refractivity contribution in [2.75, 3.05) is 19.0 Å². The van der Waals surface area contributed by atoms with Crippen LogP contribution in [0.3, 0.4) is 0 Å². The monoisotopic (exact) mass is 296 g/mol. The van der Waals surface area contributed by atoms with Crippen molar-refractivity contribution in [3.8, 4) is 0 Å². The SMILES string of the molecule is CCOP(=O)(OCC)O[C@@H]1CCCC[C@H]1SCC. The summed E-state index contributed by atoms with van der Waals surface area (Å²) in [7, 11) is -3.36. The van der Waals surface area contributed by atoms with E-state index in [2.05, 4.69) is 6.92 Å². The van der Waals surface area contributed by atoms with Crippen LogP contribution in [0.5, 0.6) is 0 Å². The number of hydrogen-bond donors (Lipinski definition) is 0. The van der Waals surface area contributed by atoms with E-state index >= 15 is 0 Å². The molecule has 0 spiro atoms. The van der Waals surface area contributed by atoms with Crippen molar-refractivity contribution in [3.05, 3.63) is 0 Å². The molecular formula is C12H25O4PS. The van der Waals surface area contributed by atoms with Crippen LogP contribution >= 0.6 is 19.6 Å². The van der Waals surface area contributed by atoms with E-state index in [0.29, 0.717) is 18.5 Å². The molecule has 4 nitrogen and oxygen atoms in total. The molecule has 108 valence electrons. The van der Waals surface area contributed by atoms with Crippen LogP contribution in [0.2, 0.25) is 0 Å². The lowest BCUT2D eigenvalue weighted by atomic mass is 9.97. The first-order chi connectivity index (χ1) is 8.65. The summed E-state index contributed by atoms with van der Waals surface area (Å²) in [6.07, 6.45) is 4.42. The van der Waals surface area contributed by atoms with Gasteiger partial charge in [0, 0.05) is 5.25 Å². The Morgan fingerprint density at radius 3 is 2.28 bits per heavy atom. The molecule has 0 aromatic carbocycles. The van der Waals surface area contributed by atoms with Gasteiger partial charge in [-0.15, -0.1) is 0 Å². The predicted octanol–water partition coefficient (Wildman–Crippen LogP) is 4.25. The zero-order valence-electron chi connectivity index (χ0n) is 11.6. The number of thioether (sulfide) groups is 1. The van der Waals surface area contributed by atoms with Gasteiger partial charge in [-0.2, -0.15) is 11.8 Å². The van der Waals surface area contributed by atoms with Crippen LogP contribution in [0.15, 0.2) is 0 Å². The first-order valence-electron chi connectivity index (χ1n) is 6.84. The summed E-state index contributed by atoms with van der Waals surface area (Å²) in [5.41, 5.74) is 0. The summed E-state index contributed by atoms with van der Waals surface area (Å²) in [6, 6.07) is 0. The van der Waals surface area contributed by atoms with Crippen molar-refractivity contribution in [1.82, 2.24) is 0 Å². The average molecular weight is 296 g/mol. The Labute approximate surface area is 115 Å². The van der Waals surface area contributed by atoms with Crippen LogP contribution in [0.1, 0.15) is 46.5 Å². The molecule has 1 rings (SSSR count). The second-order valence-corrected chi connectivity index (χ2v) is 7.34. The molecule has 0 aliphatic heterocycles. The molecule has 0 radical (unpaired) electrons. The van der Waals surface area contributed by atoms with Crippen molar-refractivity contribution in [3.63, 3.8) is 0 Å². The highest BCUT2D eigenvalue weighted by molar-refractivity contribution is 7.99. The molecule has 1 fully saturated rings. The molecule has 0 heterocycles. The van der Waals surface area contributed by atoms with Gasteiger partial charge < -0.3 is 0 Å². The molecule has 0 N–H and O–H groups in total. The first-order valence-corrected chi connectivity index (χ1v) is 9.35. The molecule has 6 heteroatoms. The lowest BCUT2D eigenvalue weighted by Gasteiger charge is -2.32. The second-order valence-electron chi connectivity index (χ2n) is 4.20. The fourth-order valence-electron chi connectivity index (χ4n) is 2.17. The summed E-state index contributed by atoms with van der Waals surface area (Å²) >= 11 is 1.88. The van der Waals surface area contributed by atoms with Crippen LogP contribution in [-0.2, 0) is 18.1 Å². The van der Waals surface area contributed by atoms with Crippen LogP contribution in [-0.4, -0.2) is 30.3 Å². The minimum Gasteiger partial charge on any atom is -0.287 e. The Kier molecular flexibility index (Phi) is 7.89. The molecule has 2 atom stereocenters. The van der Waals surface area contributed by atoms with E-state index < -0.39 is 7.82 Å². The zero-order chi connectivity index (χ0) is 13.4. The van der Waals surface area contributed by atoms with Gasteiger partial charge in [0.15, 0.2) is 0 Å². The summed E-state index contributed by atoms with van der Waals surface area (Å²) in [4.78, 5) is 0. The van der Waals surface area contributed by atoms with E-state index in [-0.39, 0.29) is 6.10 Å². The van der Waals surface area contributed by atoms with Gasteiger partial charge in [0.05, 0.1) is 19.3 Å². The number of phosphoric acid groups is 1. The molecule has 0 bridgehead atoms. The molecule has 0 amide bonds. The smallest absolute Gasteiger partial charge is 0.287 e. The third-order valence-electron chi connectivity index (χ3n) is 2.86. The topological polar surface area (TPSA) is 44.8 Å². The van der Waals surface area contributed by atoms with Crippen molar-refractivity contribution in [2.45, 2.75) is 57.8 Å². The molecule has 18 heavy (non-hydrogen) atoms. The minimum absolute atomic E-state index is 0.00682. The van der Waals surface area contributed by atoms with Crippen molar-refractivity contribution >= 4 is 19.6 Å². The Balaban J connectivity index is 2.62. The quantitative estimate of drug-likeness (QED) is 0.627. The first kappa shape index (κ1) is 16.5. The van der Waals surface area contributed by atoms with Gasteiger partial charge in [0.2, 0.25) is 0 Å². The highest BCUT2D eigenvalue weighted by Crippen LogP contribution is 2.52. The van der Waals surface area contributed by atoms with E-state index in [1.807, 2.05) is 11.8 Å². The van der Waals surface area contributed by atoms with Gasteiger partial charge in [-0.25, -0.2) is 4.57 Å². The molecule has 0 unspecified atom stereocenters. The molecule has 0 aromatic rings. The number of rotatable bonds is 8. The Hall–Kier alpha value is 0.460. The molecule has 1 aliphatic rings. The standard InChI is InChI=1S/C12H25O4PS/c1-4-14-17(13,15-5-2)16-11-9-7-8-10-12(11)18-6-3/h11-12H,4-10H2,1-3H3/t11-,12-/m1/s1. The third-order valence-corrected chi connectivity index (χ3v) is 5.84. The predicted molar refractivity (Wildman–Crippen MR) is 76.1 cm³/mol. The van der Waals surface area contributed by atoms with Crippen LogP contribution in [0.4, 0.5) is 0 Å². The van der Waals surface area contributed by atoms with Gasteiger partial charge in [0.25, 0.3) is 0 Å². The minimum atomic E-state index is -3.36. The summed E-state index contributed by atoms with van der Waals surface area (Å²) in [6.45, 7) is 6.43. The second kappa shape index (κ2) is 8.60. The Bertz CT molecular complexity index is 263. The van der Waals surface area contributed by atoms with Crippen molar-refractivity contribution in [2.24, 2.45) is 0 Å². The highest BCUT2D eigenvalue weighted by atomic mass is 32.2.